The van der Waals surface area contributed by atoms with Crippen molar-refractivity contribution in [1.82, 2.24) is 45.4 Å². The van der Waals surface area contributed by atoms with Crippen LogP contribution in [0.5, 0.6) is 5.75 Å². The third kappa shape index (κ3) is 29.8. The van der Waals surface area contributed by atoms with E-state index in [1.165, 1.54) is 18.3 Å². The second kappa shape index (κ2) is 52.2. The van der Waals surface area contributed by atoms with Crippen molar-refractivity contribution < 1.29 is 115 Å². The van der Waals surface area contributed by atoms with Crippen LogP contribution in [0.1, 0.15) is 169 Å². The zero-order chi connectivity index (χ0) is 90.7. The molecule has 126 heavy (non-hydrogen) atoms. The lowest BCUT2D eigenvalue weighted by Gasteiger charge is -2.42. The average molecular weight is 1770 g/mol. The minimum absolute atomic E-state index is 0.00668. The van der Waals surface area contributed by atoms with Gasteiger partial charge in [-0.1, -0.05) is 83.2 Å². The SMILES string of the molecule is COc1cccc2cc(-c3nc(C4CCC(C(=O)NCCOCCOCCNC(=O)CCOCCOCCOCCOCCOCCNC(=O)O[C@@H]5CC[C@@H](C[C@@H](C)[C@@H]6CC(=O)[C@H](C)/C=C(\C)[C@@H](O)[C@@H](OC)C(=O)[C@H](C)C[C@H](C)/C=C/C=C/C=C(\C)[C@@H](OC)C[C@@H]7CC[C@@H](C)[C@@](O)(O7)C(=O)C(=O)N7CCCC[C@H]7C(=O)O6)C[C@H]5OC)CC4)n4ncnc(N)c34)[nH]c12. The minimum atomic E-state index is -2.49. The molecule has 8 N–H and O–H groups in total. The van der Waals surface area contributed by atoms with Gasteiger partial charge < -0.3 is 108 Å². The number of fused-ring (bicyclic) bond motifs is 5. The number of hydrogen-bond acceptors (Lipinski definition) is 28. The topological polar surface area (TPSA) is 430 Å². The number of benzene rings is 1. The number of aliphatic hydroxyl groups excluding tert-OH is 1. The Morgan fingerprint density at radius 2 is 1.37 bits per heavy atom. The molecule has 2 aliphatic carbocycles. The second-order valence-corrected chi connectivity index (χ2v) is 34.0. The number of anilines is 1. The van der Waals surface area contributed by atoms with Gasteiger partial charge in [0.1, 0.15) is 65.4 Å². The fraction of sp³-hybridized carbons (Fsp3) is 0.685. The normalized spacial score (nSPS) is 28.4. The van der Waals surface area contributed by atoms with Crippen LogP contribution >= 0.6 is 0 Å². The number of allylic oxidation sites excluding steroid dienone is 6. The summed E-state index contributed by atoms with van der Waals surface area (Å²) >= 11 is 0. The first-order chi connectivity index (χ1) is 60.8. The van der Waals surface area contributed by atoms with Gasteiger partial charge in [0.2, 0.25) is 17.6 Å². The molecule has 700 valence electrons. The van der Waals surface area contributed by atoms with Crippen LogP contribution in [-0.4, -0.2) is 288 Å². The van der Waals surface area contributed by atoms with Crippen molar-refractivity contribution in [2.45, 2.75) is 218 Å². The second-order valence-electron chi connectivity index (χ2n) is 34.0. The van der Waals surface area contributed by atoms with E-state index in [2.05, 4.69) is 31.0 Å². The van der Waals surface area contributed by atoms with Crippen molar-refractivity contribution in [3.05, 3.63) is 84.0 Å². The first-order valence-corrected chi connectivity index (χ1v) is 44.9. The molecule has 3 aliphatic heterocycles. The molecule has 15 atom stereocenters. The van der Waals surface area contributed by atoms with E-state index in [-0.39, 0.29) is 106 Å². The number of aromatic nitrogens is 5. The zero-order valence-corrected chi connectivity index (χ0v) is 75.5. The predicted molar refractivity (Wildman–Crippen MR) is 468 cm³/mol. The third-order valence-corrected chi connectivity index (χ3v) is 24.7. The van der Waals surface area contributed by atoms with Gasteiger partial charge in [0.25, 0.3) is 11.7 Å². The highest BCUT2D eigenvalue weighted by molar-refractivity contribution is 6.39. The number of esters is 1. The first kappa shape index (κ1) is 101. The maximum absolute atomic E-state index is 14.8. The zero-order valence-electron chi connectivity index (χ0n) is 75.5. The number of imidazole rings is 1. The monoisotopic (exact) mass is 1770 g/mol. The number of aliphatic hydroxyl groups is 2. The van der Waals surface area contributed by atoms with E-state index in [0.29, 0.717) is 179 Å². The van der Waals surface area contributed by atoms with Crippen LogP contribution < -0.4 is 26.4 Å². The highest BCUT2D eigenvalue weighted by Crippen LogP contribution is 2.42. The van der Waals surface area contributed by atoms with Gasteiger partial charge in [0.05, 0.1) is 129 Å². The number of hydrogen-bond donors (Lipinski definition) is 7. The number of nitrogens with two attached hydrogens (primary N) is 1. The van der Waals surface area contributed by atoms with Crippen molar-refractivity contribution in [2.75, 3.05) is 153 Å². The largest absolute Gasteiger partial charge is 0.495 e. The van der Waals surface area contributed by atoms with Crippen molar-refractivity contribution in [1.29, 1.82) is 0 Å². The molecule has 2 bridgehead atoms. The molecular weight excluding hydrogens is 1630 g/mol. The molecule has 34 nitrogen and oxygen atoms in total. The molecule has 4 aromatic rings. The van der Waals surface area contributed by atoms with Crippen LogP contribution in [0.25, 0.3) is 27.8 Å². The lowest BCUT2D eigenvalue weighted by molar-refractivity contribution is -0.265. The quantitative estimate of drug-likeness (QED) is 0.00953. The summed E-state index contributed by atoms with van der Waals surface area (Å²) in [5.74, 6) is -7.04. The number of piperidine rings is 1. The van der Waals surface area contributed by atoms with Crippen LogP contribution in [0.15, 0.2) is 78.2 Å². The lowest BCUT2D eigenvalue weighted by Crippen LogP contribution is -2.61. The molecule has 2 saturated carbocycles. The van der Waals surface area contributed by atoms with E-state index < -0.39 is 102 Å². The molecule has 2 saturated heterocycles. The number of nitrogen functional groups attached to an aromatic ring is 1. The molecule has 34 heteroatoms. The van der Waals surface area contributed by atoms with Gasteiger partial charge in [-0.05, 0) is 145 Å². The van der Waals surface area contributed by atoms with Crippen LogP contribution in [0, 0.1) is 41.4 Å². The van der Waals surface area contributed by atoms with E-state index in [9.17, 15) is 48.6 Å². The summed E-state index contributed by atoms with van der Waals surface area (Å²) in [5.41, 5.74) is 10.5. The predicted octanol–water partition coefficient (Wildman–Crippen LogP) is 8.80. The molecule has 4 fully saturated rings. The van der Waals surface area contributed by atoms with E-state index in [1.807, 2.05) is 75.4 Å². The molecular formula is C92H138N10O24. The number of rotatable bonds is 38. The Labute approximate surface area is 739 Å². The number of Topliss-reactive ketones (excluding diaryl/α,β-unsaturated/α-hetero) is 3. The summed E-state index contributed by atoms with van der Waals surface area (Å²) in [5, 5.41) is 37.9. The number of methoxy groups -OCH3 is 4. The van der Waals surface area contributed by atoms with Crippen molar-refractivity contribution in [3.8, 4) is 17.1 Å². The van der Waals surface area contributed by atoms with Crippen LogP contribution in [0.2, 0.25) is 0 Å². The fourth-order valence-corrected chi connectivity index (χ4v) is 17.3. The van der Waals surface area contributed by atoms with E-state index >= 15 is 0 Å². The fourth-order valence-electron chi connectivity index (χ4n) is 17.3. The van der Waals surface area contributed by atoms with Crippen LogP contribution in [0.4, 0.5) is 10.6 Å². The van der Waals surface area contributed by atoms with Gasteiger partial charge in [-0.15, -0.1) is 0 Å². The van der Waals surface area contributed by atoms with Gasteiger partial charge in [-0.3, -0.25) is 28.8 Å². The molecule has 4 amide bonds. The van der Waals surface area contributed by atoms with Gasteiger partial charge in [-0.2, -0.15) is 5.10 Å². The molecule has 0 unspecified atom stereocenters. The number of carbonyl (C=O) groups excluding carboxylic acids is 8. The number of H-pyrrole nitrogens is 1. The number of nitrogens with zero attached hydrogens (tertiary/aromatic N) is 5. The smallest absolute Gasteiger partial charge is 0.407 e. The minimum Gasteiger partial charge on any atom is -0.495 e. The summed E-state index contributed by atoms with van der Waals surface area (Å²) in [6.45, 7) is 17.9. The molecule has 5 aliphatic rings. The highest BCUT2D eigenvalue weighted by atomic mass is 16.6. The lowest BCUT2D eigenvalue weighted by atomic mass is 9.78. The maximum atomic E-state index is 14.8. The Bertz CT molecular complexity index is 4260. The number of cyclic esters (lactones) is 1. The molecule has 0 spiro atoms. The number of ether oxygens (including phenoxy) is 14. The van der Waals surface area contributed by atoms with Crippen molar-refractivity contribution in [2.24, 2.45) is 41.4 Å². The summed E-state index contributed by atoms with van der Waals surface area (Å²) in [7, 11) is 6.11. The summed E-state index contributed by atoms with van der Waals surface area (Å²) < 4.78 is 82.5. The Hall–Kier alpha value is -8.49. The van der Waals surface area contributed by atoms with Crippen LogP contribution in [0.3, 0.4) is 0 Å². The number of aromatic amines is 1. The average Bonchev–Trinajstić information content (AvgIpc) is 1.52. The van der Waals surface area contributed by atoms with E-state index in [0.717, 1.165) is 46.6 Å². The number of amides is 4. The van der Waals surface area contributed by atoms with E-state index in [4.69, 9.17) is 77.0 Å². The number of nitrogens with one attached hydrogen (secondary N) is 4. The molecule has 6 heterocycles. The Balaban J connectivity index is 0.596. The van der Waals surface area contributed by atoms with Crippen molar-refractivity contribution in [3.63, 3.8) is 0 Å². The first-order valence-electron chi connectivity index (χ1n) is 44.9. The Morgan fingerprint density at radius 1 is 0.714 bits per heavy atom. The molecule has 0 radical (unpaired) electrons. The number of ketones is 3. The van der Waals surface area contributed by atoms with Gasteiger partial charge in [0, 0.05) is 102 Å². The molecule has 1 aromatic carbocycles. The van der Waals surface area contributed by atoms with Gasteiger partial charge in [-0.25, -0.2) is 24.1 Å². The standard InChI is InChI=1S/C92H138N10O24/c1-58-18-13-12-14-19-59(2)75(114-9)55-69-29-23-64(7)92(112,126-69)85(107)89(109)101-35-16-15-21-71(101)90(110)124-76(56-72(103)60(3)51-63(6)83(106)84(116-11)82(105)62(5)50-58)61(4)52-65-24-30-73(77(53-65)115-10)125-91(111)96-34-39-120-43-45-122-47-49-123-48-46-121-44-40-117-36-31-78(104)94-32-37-118-41-42-119-38-33-95-88(108)67-27-25-66(26-28-67)87-100-80(81-86(93)97-57-98-102(81)87)70-54-68-20-17-22-74(113-8)79(68)99-70/h12-14,17-20,22,51,54,57-58,60-62,64-67,69,71,73,75-77,83-84,99,106,112H,15-16,21,23-50,52-53,55-56H2,1-11H3,(H,94,104)(H,95,108)(H,96,111)(H2,93,97,98)/b14-12+,18-13+,59-19+,63-51+/t58-,60-,61-,62-,64-,65+,66?,67?,69+,71+,73-,75+,76+,77-,83-,84+,92-/m1/s1. The van der Waals surface area contributed by atoms with Crippen molar-refractivity contribution >= 4 is 69.4 Å². The van der Waals surface area contributed by atoms with Gasteiger partial charge >= 0.3 is 12.1 Å². The summed E-state index contributed by atoms with van der Waals surface area (Å²) in [6, 6.07) is 6.64. The summed E-state index contributed by atoms with van der Waals surface area (Å²) in [4.78, 5) is 125. The Kier molecular flexibility index (Phi) is 42.0. The molecule has 9 rings (SSSR count). The number of alkyl carbamates (subject to hydrolysis) is 1. The number of carbonyl (C=O) groups is 8. The van der Waals surface area contributed by atoms with Crippen LogP contribution in [-0.2, 0) is 95.1 Å². The maximum Gasteiger partial charge on any atom is 0.407 e. The Morgan fingerprint density at radius 3 is 2.03 bits per heavy atom. The number of para-hydroxylation sites is 1. The summed E-state index contributed by atoms with van der Waals surface area (Å²) in [6.07, 6.45) is 13.8. The van der Waals surface area contributed by atoms with E-state index in [1.54, 1.807) is 59.6 Å². The third-order valence-electron chi connectivity index (χ3n) is 24.7. The highest BCUT2D eigenvalue weighted by Gasteiger charge is 2.53. The van der Waals surface area contributed by atoms with Gasteiger partial charge in [0.15, 0.2) is 11.6 Å². The molecule has 3 aromatic heterocycles.